The molecule has 2 aromatic carbocycles. The molecule has 0 saturated carbocycles. The number of benzene rings is 2. The smallest absolute Gasteiger partial charge is 0.326 e. The highest BCUT2D eigenvalue weighted by Gasteiger charge is 2.18. The van der Waals surface area contributed by atoms with E-state index < -0.39 is 12.0 Å². The Morgan fingerprint density at radius 2 is 1.88 bits per heavy atom. The van der Waals surface area contributed by atoms with Crippen molar-refractivity contribution in [2.45, 2.75) is 18.0 Å². The Kier molecular flexibility index (Phi) is 5.01. The molecule has 24 heavy (non-hydrogen) atoms. The van der Waals surface area contributed by atoms with Crippen LogP contribution in [-0.4, -0.2) is 27.9 Å². The van der Waals surface area contributed by atoms with Crippen molar-refractivity contribution in [3.8, 4) is 0 Å². The molecular formula is C19H18N2O2S. The summed E-state index contributed by atoms with van der Waals surface area (Å²) in [5.41, 5.74) is 2.79. The molecule has 0 saturated heterocycles. The second-order valence-electron chi connectivity index (χ2n) is 5.50. The lowest BCUT2D eigenvalue weighted by Gasteiger charge is -2.17. The Balaban J connectivity index is 1.71. The number of hydrogen-bond acceptors (Lipinski definition) is 4. The van der Waals surface area contributed by atoms with E-state index in [0.717, 1.165) is 27.2 Å². The fourth-order valence-electron chi connectivity index (χ4n) is 2.39. The molecule has 1 aromatic heterocycles. The van der Waals surface area contributed by atoms with Crippen LogP contribution in [0.2, 0.25) is 0 Å². The monoisotopic (exact) mass is 338 g/mol. The maximum absolute atomic E-state index is 11.6. The van der Waals surface area contributed by atoms with Crippen molar-refractivity contribution in [2.75, 3.05) is 11.1 Å². The topological polar surface area (TPSA) is 62.2 Å². The van der Waals surface area contributed by atoms with Crippen LogP contribution >= 0.6 is 11.8 Å². The molecule has 0 aliphatic heterocycles. The van der Waals surface area contributed by atoms with Crippen LogP contribution in [-0.2, 0) is 4.79 Å². The predicted molar refractivity (Wildman–Crippen MR) is 98.7 cm³/mol. The third-order valence-electron chi connectivity index (χ3n) is 3.74. The fraction of sp³-hybridized carbons (Fsp3) is 0.158. The molecule has 1 heterocycles. The van der Waals surface area contributed by atoms with Crippen molar-refractivity contribution in [3.05, 3.63) is 66.2 Å². The number of para-hydroxylation sites is 2. The zero-order valence-electron chi connectivity index (χ0n) is 13.3. The molecule has 122 valence electrons. The second-order valence-corrected chi connectivity index (χ2v) is 6.54. The van der Waals surface area contributed by atoms with Gasteiger partial charge in [-0.2, -0.15) is 0 Å². The minimum absolute atomic E-state index is 0.398. The molecule has 1 atom stereocenters. The summed E-state index contributed by atoms with van der Waals surface area (Å²) in [6.07, 6.45) is 0. The Labute approximate surface area is 144 Å². The Hall–Kier alpha value is -2.53. The highest BCUT2D eigenvalue weighted by Crippen LogP contribution is 2.22. The van der Waals surface area contributed by atoms with Crippen LogP contribution < -0.4 is 5.32 Å². The van der Waals surface area contributed by atoms with Crippen LogP contribution in [0.15, 0.2) is 65.7 Å². The second kappa shape index (κ2) is 7.36. The summed E-state index contributed by atoms with van der Waals surface area (Å²) in [6.45, 7) is 1.96. The number of aromatic nitrogens is 1. The van der Waals surface area contributed by atoms with E-state index in [9.17, 15) is 9.90 Å². The number of thioether (sulfide) groups is 1. The minimum Gasteiger partial charge on any atom is -0.480 e. The molecule has 4 nitrogen and oxygen atoms in total. The summed E-state index contributed by atoms with van der Waals surface area (Å²) in [5.74, 6) is -0.471. The van der Waals surface area contributed by atoms with Crippen LogP contribution in [0.1, 0.15) is 5.56 Å². The molecule has 0 aliphatic rings. The Morgan fingerprint density at radius 1 is 1.12 bits per heavy atom. The van der Waals surface area contributed by atoms with Crippen LogP contribution in [0.5, 0.6) is 0 Å². The van der Waals surface area contributed by atoms with Gasteiger partial charge in [0.1, 0.15) is 6.04 Å². The summed E-state index contributed by atoms with van der Waals surface area (Å²) in [5, 5.41) is 14.5. The third kappa shape index (κ3) is 3.86. The van der Waals surface area contributed by atoms with Crippen LogP contribution in [0.25, 0.3) is 10.9 Å². The number of fused-ring (bicyclic) bond motifs is 1. The van der Waals surface area contributed by atoms with Crippen molar-refractivity contribution in [1.29, 1.82) is 0 Å². The fourth-order valence-corrected chi connectivity index (χ4v) is 3.28. The lowest BCUT2D eigenvalue weighted by molar-refractivity contribution is -0.137. The van der Waals surface area contributed by atoms with Gasteiger partial charge in [-0.1, -0.05) is 42.5 Å². The number of carbonyl (C=O) groups is 1. The first-order chi connectivity index (χ1) is 11.6. The molecule has 0 spiro atoms. The number of rotatable bonds is 6. The van der Waals surface area contributed by atoms with Gasteiger partial charge in [0.15, 0.2) is 0 Å². The van der Waals surface area contributed by atoms with Crippen molar-refractivity contribution in [2.24, 2.45) is 0 Å². The largest absolute Gasteiger partial charge is 0.480 e. The summed E-state index contributed by atoms with van der Waals surface area (Å²) in [4.78, 5) is 16.1. The van der Waals surface area contributed by atoms with Gasteiger partial charge in [0.25, 0.3) is 0 Å². The standard InChI is InChI=1S/C19H18N2O2S/c1-13-6-2-4-8-15(13)20-17(19(22)23)12-24-18-11-10-14-7-3-5-9-16(14)21-18/h2-11,17,20H,12H2,1H3,(H,22,23)/t17-/m0/s1. The van der Waals surface area contributed by atoms with E-state index in [4.69, 9.17) is 0 Å². The van der Waals surface area contributed by atoms with Crippen molar-refractivity contribution in [1.82, 2.24) is 4.98 Å². The van der Waals surface area contributed by atoms with Crippen LogP contribution in [0.4, 0.5) is 5.69 Å². The normalized spacial score (nSPS) is 12.0. The number of carboxylic acid groups (broad SMARTS) is 1. The van der Waals surface area contributed by atoms with Gasteiger partial charge in [0, 0.05) is 16.8 Å². The zero-order chi connectivity index (χ0) is 16.9. The lowest BCUT2D eigenvalue weighted by atomic mass is 10.2. The van der Waals surface area contributed by atoms with Gasteiger partial charge in [-0.15, -0.1) is 11.8 Å². The molecule has 0 unspecified atom stereocenters. The molecule has 0 bridgehead atoms. The Bertz CT molecular complexity index is 867. The molecule has 2 N–H and O–H groups in total. The number of hydrogen-bond donors (Lipinski definition) is 2. The molecule has 0 radical (unpaired) electrons. The van der Waals surface area contributed by atoms with Gasteiger partial charge in [0.2, 0.25) is 0 Å². The van der Waals surface area contributed by atoms with Gasteiger partial charge in [0.05, 0.1) is 10.5 Å². The van der Waals surface area contributed by atoms with E-state index in [0.29, 0.717) is 5.75 Å². The van der Waals surface area contributed by atoms with Gasteiger partial charge in [-0.05, 0) is 30.7 Å². The molecule has 0 amide bonds. The summed E-state index contributed by atoms with van der Waals surface area (Å²) >= 11 is 1.44. The van der Waals surface area contributed by atoms with Gasteiger partial charge >= 0.3 is 5.97 Å². The van der Waals surface area contributed by atoms with Crippen molar-refractivity contribution >= 4 is 34.3 Å². The molecule has 5 heteroatoms. The first-order valence-corrected chi connectivity index (χ1v) is 8.65. The predicted octanol–water partition coefficient (Wildman–Crippen LogP) is 4.20. The Morgan fingerprint density at radius 3 is 2.67 bits per heavy atom. The summed E-state index contributed by atoms with van der Waals surface area (Å²) in [6, 6.07) is 18.8. The average Bonchev–Trinajstić information content (AvgIpc) is 2.59. The maximum Gasteiger partial charge on any atom is 0.326 e. The van der Waals surface area contributed by atoms with E-state index in [2.05, 4.69) is 10.3 Å². The highest BCUT2D eigenvalue weighted by molar-refractivity contribution is 7.99. The lowest BCUT2D eigenvalue weighted by Crippen LogP contribution is -2.32. The molecule has 3 rings (SSSR count). The van der Waals surface area contributed by atoms with Crippen LogP contribution in [0, 0.1) is 6.92 Å². The van der Waals surface area contributed by atoms with E-state index in [-0.39, 0.29) is 0 Å². The van der Waals surface area contributed by atoms with Crippen molar-refractivity contribution in [3.63, 3.8) is 0 Å². The van der Waals surface area contributed by atoms with Crippen molar-refractivity contribution < 1.29 is 9.90 Å². The number of nitrogens with zero attached hydrogens (tertiary/aromatic N) is 1. The molecule has 0 aliphatic carbocycles. The number of carboxylic acids is 1. The molecule has 0 fully saturated rings. The number of aryl methyl sites for hydroxylation is 1. The van der Waals surface area contributed by atoms with E-state index in [1.165, 1.54) is 11.8 Å². The SMILES string of the molecule is Cc1ccccc1N[C@@H](CSc1ccc2ccccc2n1)C(=O)O. The van der Waals surface area contributed by atoms with E-state index in [1.54, 1.807) is 0 Å². The van der Waals surface area contributed by atoms with Gasteiger partial charge < -0.3 is 10.4 Å². The highest BCUT2D eigenvalue weighted by atomic mass is 32.2. The number of aliphatic carboxylic acids is 1. The number of pyridine rings is 1. The number of nitrogens with one attached hydrogen (secondary N) is 1. The molecular weight excluding hydrogens is 320 g/mol. The first kappa shape index (κ1) is 16.3. The number of anilines is 1. The molecule has 3 aromatic rings. The van der Waals surface area contributed by atoms with Gasteiger partial charge in [-0.3, -0.25) is 0 Å². The van der Waals surface area contributed by atoms with E-state index >= 15 is 0 Å². The van der Waals surface area contributed by atoms with E-state index in [1.807, 2.05) is 67.6 Å². The maximum atomic E-state index is 11.6. The van der Waals surface area contributed by atoms with Crippen LogP contribution in [0.3, 0.4) is 0 Å². The minimum atomic E-state index is -0.869. The average molecular weight is 338 g/mol. The zero-order valence-corrected chi connectivity index (χ0v) is 14.1. The first-order valence-electron chi connectivity index (χ1n) is 7.67. The third-order valence-corrected chi connectivity index (χ3v) is 4.77. The quantitative estimate of drug-likeness (QED) is 0.660. The summed E-state index contributed by atoms with van der Waals surface area (Å²) < 4.78 is 0. The van der Waals surface area contributed by atoms with Gasteiger partial charge in [-0.25, -0.2) is 9.78 Å². The summed E-state index contributed by atoms with van der Waals surface area (Å²) in [7, 11) is 0.